The Morgan fingerprint density at radius 2 is 1.73 bits per heavy atom. The zero-order valence-electron chi connectivity index (χ0n) is 18.1. The van der Waals surface area contributed by atoms with E-state index in [1.807, 2.05) is 48.5 Å². The summed E-state index contributed by atoms with van der Waals surface area (Å²) in [5.41, 5.74) is 3.57. The summed E-state index contributed by atoms with van der Waals surface area (Å²) in [6.07, 6.45) is 0. The van der Waals surface area contributed by atoms with Gasteiger partial charge in [-0.15, -0.1) is 0 Å². The number of anilines is 2. The lowest BCUT2D eigenvalue weighted by Crippen LogP contribution is -2.21. The number of thiocarbonyl (C=S) groups is 1. The van der Waals surface area contributed by atoms with E-state index in [0.29, 0.717) is 40.6 Å². The van der Waals surface area contributed by atoms with Crippen molar-refractivity contribution in [3.8, 4) is 23.0 Å². The van der Waals surface area contributed by atoms with Crippen molar-refractivity contribution in [2.45, 2.75) is 6.54 Å². The van der Waals surface area contributed by atoms with Crippen LogP contribution >= 0.6 is 12.2 Å². The lowest BCUT2D eigenvalue weighted by Gasteiger charge is -2.14. The van der Waals surface area contributed by atoms with Gasteiger partial charge in [0, 0.05) is 23.9 Å². The summed E-state index contributed by atoms with van der Waals surface area (Å²) in [6.45, 7) is 0.819. The van der Waals surface area contributed by atoms with E-state index < -0.39 is 0 Å². The fraction of sp³-hybridized carbons (Fsp3) is 0.167. The summed E-state index contributed by atoms with van der Waals surface area (Å²) in [7, 11) is 3.22. The molecule has 0 saturated carbocycles. The minimum Gasteiger partial charge on any atom is -0.493 e. The van der Waals surface area contributed by atoms with E-state index >= 15 is 0 Å². The van der Waals surface area contributed by atoms with Crippen LogP contribution in [0.2, 0.25) is 0 Å². The summed E-state index contributed by atoms with van der Waals surface area (Å²) >= 11 is 5.58. The molecular weight excluding hydrogens is 440 g/mol. The third-order valence-corrected chi connectivity index (χ3v) is 5.50. The average Bonchev–Trinajstić information content (AvgIpc) is 3.42. The van der Waals surface area contributed by atoms with E-state index in [0.717, 1.165) is 22.3 Å². The van der Waals surface area contributed by atoms with Gasteiger partial charge in [0.25, 0.3) is 0 Å². The fourth-order valence-electron chi connectivity index (χ4n) is 3.71. The maximum absolute atomic E-state index is 5.58. The fourth-order valence-corrected chi connectivity index (χ4v) is 3.92. The molecule has 9 heteroatoms. The van der Waals surface area contributed by atoms with Crippen molar-refractivity contribution in [3.63, 3.8) is 0 Å². The van der Waals surface area contributed by atoms with Gasteiger partial charge in [-0.05, 0) is 29.9 Å². The number of aromatic nitrogens is 2. The van der Waals surface area contributed by atoms with Gasteiger partial charge < -0.3 is 34.1 Å². The maximum atomic E-state index is 5.58. The molecule has 8 nitrogen and oxygen atoms in total. The van der Waals surface area contributed by atoms with Crippen molar-refractivity contribution in [2.75, 3.05) is 31.6 Å². The molecule has 0 amide bonds. The Labute approximate surface area is 196 Å². The van der Waals surface area contributed by atoms with E-state index in [2.05, 4.69) is 27.3 Å². The smallest absolute Gasteiger partial charge is 0.231 e. The van der Waals surface area contributed by atoms with Gasteiger partial charge in [-0.2, -0.15) is 0 Å². The normalized spacial score (nSPS) is 11.9. The molecule has 1 aliphatic rings. The summed E-state index contributed by atoms with van der Waals surface area (Å²) in [6, 6.07) is 19.5. The second-order valence-electron chi connectivity index (χ2n) is 7.35. The van der Waals surface area contributed by atoms with E-state index in [4.69, 9.17) is 36.1 Å². The molecule has 1 aliphatic heterocycles. The lowest BCUT2D eigenvalue weighted by molar-refractivity contribution is 0.174. The zero-order chi connectivity index (χ0) is 22.8. The summed E-state index contributed by atoms with van der Waals surface area (Å²) < 4.78 is 23.8. The van der Waals surface area contributed by atoms with Crippen LogP contribution in [0.25, 0.3) is 11.0 Å². The van der Waals surface area contributed by atoms with Crippen molar-refractivity contribution in [3.05, 3.63) is 66.2 Å². The quantitative estimate of drug-likeness (QED) is 0.401. The second-order valence-corrected chi connectivity index (χ2v) is 7.76. The van der Waals surface area contributed by atoms with Crippen LogP contribution in [0.5, 0.6) is 23.0 Å². The number of nitrogens with zero attached hydrogens (tertiary/aromatic N) is 2. The van der Waals surface area contributed by atoms with E-state index in [-0.39, 0.29) is 6.79 Å². The van der Waals surface area contributed by atoms with Gasteiger partial charge in [0.05, 0.1) is 31.8 Å². The van der Waals surface area contributed by atoms with E-state index in [9.17, 15) is 0 Å². The van der Waals surface area contributed by atoms with Crippen molar-refractivity contribution in [1.82, 2.24) is 9.55 Å². The number of ether oxygens (including phenoxy) is 4. The molecule has 2 N–H and O–H groups in total. The molecule has 1 aromatic heterocycles. The van der Waals surface area contributed by atoms with E-state index in [1.165, 1.54) is 0 Å². The first-order valence-electron chi connectivity index (χ1n) is 10.3. The molecule has 0 unspecified atom stereocenters. The Balaban J connectivity index is 1.47. The van der Waals surface area contributed by atoms with Crippen LogP contribution in [0.1, 0.15) is 5.56 Å². The van der Waals surface area contributed by atoms with Crippen LogP contribution in [0.4, 0.5) is 11.6 Å². The topological polar surface area (TPSA) is 78.8 Å². The number of benzene rings is 3. The Kier molecular flexibility index (Phi) is 5.62. The molecule has 0 fully saturated rings. The van der Waals surface area contributed by atoms with E-state index in [1.54, 1.807) is 14.2 Å². The van der Waals surface area contributed by atoms with Gasteiger partial charge >= 0.3 is 0 Å². The van der Waals surface area contributed by atoms with Gasteiger partial charge in [-0.25, -0.2) is 4.98 Å². The van der Waals surface area contributed by atoms with Gasteiger partial charge in [0.2, 0.25) is 12.7 Å². The summed E-state index contributed by atoms with van der Waals surface area (Å²) in [5, 5.41) is 6.81. The zero-order valence-corrected chi connectivity index (χ0v) is 18.9. The molecule has 0 radical (unpaired) electrons. The van der Waals surface area contributed by atoms with Crippen LogP contribution in [0.15, 0.2) is 60.7 Å². The third kappa shape index (κ3) is 4.22. The molecule has 0 spiro atoms. The minimum absolute atomic E-state index is 0.220. The number of hydrogen-bond donors (Lipinski definition) is 2. The molecular formula is C24H22N4O4S. The highest BCUT2D eigenvalue weighted by Crippen LogP contribution is 2.35. The first kappa shape index (κ1) is 20.9. The van der Waals surface area contributed by atoms with Gasteiger partial charge in [0.15, 0.2) is 28.1 Å². The SMILES string of the molecule is COc1cc2nc(NC(=S)Nc3ccc4c(c3)OCO4)n(Cc3ccccc3)c2cc1OC. The molecule has 0 aliphatic carbocycles. The first-order chi connectivity index (χ1) is 16.1. The highest BCUT2D eigenvalue weighted by Gasteiger charge is 2.17. The molecule has 0 saturated heterocycles. The van der Waals surface area contributed by atoms with Crippen LogP contribution in [0.3, 0.4) is 0 Å². The summed E-state index contributed by atoms with van der Waals surface area (Å²) in [4.78, 5) is 4.78. The maximum Gasteiger partial charge on any atom is 0.231 e. The minimum atomic E-state index is 0.220. The van der Waals surface area contributed by atoms with Crippen molar-refractivity contribution in [2.24, 2.45) is 0 Å². The average molecular weight is 463 g/mol. The van der Waals surface area contributed by atoms with Crippen LogP contribution in [0, 0.1) is 0 Å². The van der Waals surface area contributed by atoms with Crippen molar-refractivity contribution < 1.29 is 18.9 Å². The van der Waals surface area contributed by atoms with Crippen molar-refractivity contribution >= 4 is 40.0 Å². The second kappa shape index (κ2) is 8.87. The molecule has 33 heavy (non-hydrogen) atoms. The van der Waals surface area contributed by atoms with Gasteiger partial charge in [-0.1, -0.05) is 30.3 Å². The van der Waals surface area contributed by atoms with Gasteiger partial charge in [0.1, 0.15) is 0 Å². The standard InChI is InChI=1S/C24H22N4O4S/c1-29-20-11-17-18(12-21(20)30-2)28(13-15-6-4-3-5-7-15)23(26-17)27-24(33)25-16-8-9-19-22(10-16)32-14-31-19/h3-12H,13-14H2,1-2H3,(H2,25,26,27,33). The number of hydrogen-bond acceptors (Lipinski definition) is 6. The highest BCUT2D eigenvalue weighted by molar-refractivity contribution is 7.80. The van der Waals surface area contributed by atoms with Crippen LogP contribution in [-0.2, 0) is 6.54 Å². The number of rotatable bonds is 6. The Hall–Kier alpha value is -3.98. The molecule has 3 aromatic carbocycles. The molecule has 168 valence electrons. The number of fused-ring (bicyclic) bond motifs is 2. The summed E-state index contributed by atoms with van der Waals surface area (Å²) in [5.74, 6) is 3.24. The molecule has 4 aromatic rings. The predicted octanol–water partition coefficient (Wildman–Crippen LogP) is 4.64. The van der Waals surface area contributed by atoms with Gasteiger partial charge in [-0.3, -0.25) is 0 Å². The van der Waals surface area contributed by atoms with Crippen molar-refractivity contribution in [1.29, 1.82) is 0 Å². The lowest BCUT2D eigenvalue weighted by atomic mass is 10.2. The Bertz CT molecular complexity index is 1320. The van der Waals surface area contributed by atoms with Crippen LogP contribution in [-0.4, -0.2) is 35.7 Å². The Morgan fingerprint density at radius 1 is 0.970 bits per heavy atom. The largest absolute Gasteiger partial charge is 0.493 e. The Morgan fingerprint density at radius 3 is 2.52 bits per heavy atom. The number of methoxy groups -OCH3 is 2. The number of nitrogens with one attached hydrogen (secondary N) is 2. The third-order valence-electron chi connectivity index (χ3n) is 5.29. The molecule has 0 atom stereocenters. The predicted molar refractivity (Wildman–Crippen MR) is 131 cm³/mol. The highest BCUT2D eigenvalue weighted by atomic mass is 32.1. The first-order valence-corrected chi connectivity index (χ1v) is 10.7. The monoisotopic (exact) mass is 462 g/mol. The van der Waals surface area contributed by atoms with Crippen LogP contribution < -0.4 is 29.6 Å². The number of imidazole rings is 1. The molecule has 0 bridgehead atoms. The molecule has 2 heterocycles. The molecule has 5 rings (SSSR count).